The average molecular weight is 227 g/mol. The van der Waals surface area contributed by atoms with Gasteiger partial charge in [-0.2, -0.15) is 0 Å². The van der Waals surface area contributed by atoms with Crippen molar-refractivity contribution in [1.29, 1.82) is 5.41 Å². The molecule has 1 unspecified atom stereocenters. The van der Waals surface area contributed by atoms with E-state index in [1.165, 1.54) is 0 Å². The Morgan fingerprint density at radius 1 is 1.44 bits per heavy atom. The smallest absolute Gasteiger partial charge is 0.317 e. The lowest BCUT2D eigenvalue weighted by atomic mass is 10.1. The fourth-order valence-electron chi connectivity index (χ4n) is 2.07. The van der Waals surface area contributed by atoms with E-state index >= 15 is 0 Å². The zero-order valence-corrected chi connectivity index (χ0v) is 9.99. The number of amides is 2. The Morgan fingerprint density at radius 3 is 2.38 bits per heavy atom. The monoisotopic (exact) mass is 227 g/mol. The quantitative estimate of drug-likeness (QED) is 0.455. The zero-order valence-electron chi connectivity index (χ0n) is 9.99. The molecule has 0 spiro atoms. The first kappa shape index (κ1) is 12.8. The van der Waals surface area contributed by atoms with Crippen LogP contribution < -0.4 is 11.1 Å². The normalized spacial score (nSPS) is 19.2. The third-order valence-electron chi connectivity index (χ3n) is 3.00. The Morgan fingerprint density at radius 2 is 2.00 bits per heavy atom. The molecule has 1 aliphatic rings. The van der Waals surface area contributed by atoms with Crippen LogP contribution in [0, 0.1) is 5.41 Å². The summed E-state index contributed by atoms with van der Waals surface area (Å²) in [5.74, 6) is 0.218. The molecule has 16 heavy (non-hydrogen) atoms. The van der Waals surface area contributed by atoms with Crippen molar-refractivity contribution < 1.29 is 4.79 Å². The topological polar surface area (TPSA) is 85.5 Å². The van der Waals surface area contributed by atoms with Crippen molar-refractivity contribution in [1.82, 2.24) is 15.1 Å². The molecule has 0 aromatic carbocycles. The van der Waals surface area contributed by atoms with E-state index in [0.717, 1.165) is 19.5 Å². The number of nitrogens with one attached hydrogen (secondary N) is 2. The number of carbonyl (C=O) groups is 1. The average Bonchev–Trinajstić information content (AvgIpc) is 2.29. The summed E-state index contributed by atoms with van der Waals surface area (Å²) in [6.07, 6.45) is 0.843. The molecule has 0 bridgehead atoms. The molecule has 1 aliphatic heterocycles. The first-order chi connectivity index (χ1) is 7.60. The summed E-state index contributed by atoms with van der Waals surface area (Å²) in [7, 11) is 1.64. The highest BCUT2D eigenvalue weighted by molar-refractivity contribution is 5.82. The van der Waals surface area contributed by atoms with Crippen LogP contribution in [0.4, 0.5) is 4.79 Å². The predicted molar refractivity (Wildman–Crippen MR) is 63.6 cm³/mol. The van der Waals surface area contributed by atoms with Crippen LogP contribution in [-0.2, 0) is 0 Å². The molecule has 1 atom stereocenters. The van der Waals surface area contributed by atoms with Crippen LogP contribution in [0.2, 0.25) is 0 Å². The van der Waals surface area contributed by atoms with E-state index in [1.807, 2.05) is 6.92 Å². The summed E-state index contributed by atoms with van der Waals surface area (Å²) >= 11 is 0. The summed E-state index contributed by atoms with van der Waals surface area (Å²) < 4.78 is 0. The number of carbonyl (C=O) groups excluding carboxylic acids is 1. The molecule has 0 radical (unpaired) electrons. The number of nitrogens with two attached hydrogens (primary N) is 1. The molecule has 6 heteroatoms. The lowest BCUT2D eigenvalue weighted by Crippen LogP contribution is -2.56. The van der Waals surface area contributed by atoms with E-state index in [1.54, 1.807) is 11.9 Å². The van der Waals surface area contributed by atoms with Gasteiger partial charge in [-0.05, 0) is 6.42 Å². The molecule has 1 saturated heterocycles. The largest absolute Gasteiger partial charge is 0.386 e. The van der Waals surface area contributed by atoms with Crippen molar-refractivity contribution in [3.05, 3.63) is 0 Å². The highest BCUT2D eigenvalue weighted by Crippen LogP contribution is 2.09. The summed E-state index contributed by atoms with van der Waals surface area (Å²) in [5, 5.41) is 10.1. The second-order valence-corrected chi connectivity index (χ2v) is 3.96. The van der Waals surface area contributed by atoms with Gasteiger partial charge in [0.2, 0.25) is 0 Å². The Balaban J connectivity index is 2.47. The first-order valence-corrected chi connectivity index (χ1v) is 5.64. The molecule has 1 fully saturated rings. The maximum Gasteiger partial charge on any atom is 0.317 e. The summed E-state index contributed by atoms with van der Waals surface area (Å²) in [6, 6.07) is -0.0117. The van der Waals surface area contributed by atoms with E-state index < -0.39 is 0 Å². The Bertz CT molecular complexity index is 260. The highest BCUT2D eigenvalue weighted by Gasteiger charge is 2.25. The van der Waals surface area contributed by atoms with Crippen molar-refractivity contribution >= 4 is 11.9 Å². The van der Waals surface area contributed by atoms with Crippen LogP contribution in [0.5, 0.6) is 0 Å². The molecule has 6 nitrogen and oxygen atoms in total. The van der Waals surface area contributed by atoms with Crippen LogP contribution in [0.3, 0.4) is 0 Å². The second-order valence-electron chi connectivity index (χ2n) is 3.96. The minimum Gasteiger partial charge on any atom is -0.386 e. The second kappa shape index (κ2) is 5.69. The maximum absolute atomic E-state index is 11.4. The minimum absolute atomic E-state index is 0.0202. The fraction of sp³-hybridized carbons (Fsp3) is 0.800. The van der Waals surface area contributed by atoms with Gasteiger partial charge in [0.1, 0.15) is 5.84 Å². The molecular weight excluding hydrogens is 206 g/mol. The van der Waals surface area contributed by atoms with Gasteiger partial charge in [-0.1, -0.05) is 6.92 Å². The molecule has 0 saturated carbocycles. The van der Waals surface area contributed by atoms with E-state index in [0.29, 0.717) is 13.1 Å². The van der Waals surface area contributed by atoms with Gasteiger partial charge in [0.05, 0.1) is 6.04 Å². The van der Waals surface area contributed by atoms with Crippen molar-refractivity contribution in [2.75, 3.05) is 33.2 Å². The number of nitrogens with zero attached hydrogens (tertiary/aromatic N) is 2. The fourth-order valence-corrected chi connectivity index (χ4v) is 2.07. The molecule has 1 heterocycles. The van der Waals surface area contributed by atoms with E-state index in [4.69, 9.17) is 11.1 Å². The van der Waals surface area contributed by atoms with Gasteiger partial charge in [-0.25, -0.2) is 4.79 Å². The number of hydrogen-bond donors (Lipinski definition) is 3. The van der Waals surface area contributed by atoms with E-state index in [2.05, 4.69) is 10.2 Å². The number of piperazine rings is 1. The van der Waals surface area contributed by atoms with Gasteiger partial charge in [0.15, 0.2) is 0 Å². The van der Waals surface area contributed by atoms with Crippen LogP contribution in [0.1, 0.15) is 13.3 Å². The zero-order chi connectivity index (χ0) is 12.1. The van der Waals surface area contributed by atoms with Crippen molar-refractivity contribution in [2.24, 2.45) is 5.73 Å². The Kier molecular flexibility index (Phi) is 4.54. The predicted octanol–water partition coefficient (Wildman–Crippen LogP) is -0.342. The molecule has 0 aromatic heterocycles. The van der Waals surface area contributed by atoms with Crippen molar-refractivity contribution in [2.45, 2.75) is 19.4 Å². The van der Waals surface area contributed by atoms with Gasteiger partial charge < -0.3 is 16.0 Å². The minimum atomic E-state index is -0.0319. The number of rotatable bonds is 3. The van der Waals surface area contributed by atoms with Gasteiger partial charge in [-0.3, -0.25) is 10.3 Å². The van der Waals surface area contributed by atoms with Gasteiger partial charge >= 0.3 is 6.03 Å². The van der Waals surface area contributed by atoms with Crippen LogP contribution in [0.25, 0.3) is 0 Å². The summed E-state index contributed by atoms with van der Waals surface area (Å²) in [6.45, 7) is 4.99. The third kappa shape index (κ3) is 2.85. The van der Waals surface area contributed by atoms with Gasteiger partial charge in [0.25, 0.3) is 0 Å². The van der Waals surface area contributed by atoms with E-state index in [9.17, 15) is 4.79 Å². The lowest BCUT2D eigenvalue weighted by Gasteiger charge is -2.38. The molecule has 2 amide bonds. The number of amidine groups is 1. The molecule has 0 aromatic rings. The third-order valence-corrected chi connectivity index (χ3v) is 3.00. The van der Waals surface area contributed by atoms with Crippen LogP contribution in [-0.4, -0.2) is 60.9 Å². The first-order valence-electron chi connectivity index (χ1n) is 5.64. The van der Waals surface area contributed by atoms with Gasteiger partial charge in [-0.15, -0.1) is 0 Å². The summed E-state index contributed by atoms with van der Waals surface area (Å²) in [4.78, 5) is 15.3. The number of urea groups is 1. The van der Waals surface area contributed by atoms with Crippen molar-refractivity contribution in [3.8, 4) is 0 Å². The van der Waals surface area contributed by atoms with E-state index in [-0.39, 0.29) is 17.9 Å². The SMILES string of the molecule is CCC(C(=N)N)N1CCN(C(=O)NC)CC1. The standard InChI is InChI=1S/C10H21N5O/c1-3-8(9(11)12)14-4-6-15(7-5-14)10(16)13-2/h8H,3-7H2,1-2H3,(H3,11,12)(H,13,16). The molecular formula is C10H21N5O. The Labute approximate surface area is 96.3 Å². The van der Waals surface area contributed by atoms with Crippen molar-refractivity contribution in [3.63, 3.8) is 0 Å². The van der Waals surface area contributed by atoms with Gasteiger partial charge in [0, 0.05) is 33.2 Å². The summed E-state index contributed by atoms with van der Waals surface area (Å²) in [5.41, 5.74) is 5.55. The maximum atomic E-state index is 11.4. The molecule has 1 rings (SSSR count). The highest BCUT2D eigenvalue weighted by atomic mass is 16.2. The van der Waals surface area contributed by atoms with Crippen LogP contribution >= 0.6 is 0 Å². The molecule has 0 aliphatic carbocycles. The Hall–Kier alpha value is -1.30. The molecule has 4 N–H and O–H groups in total. The number of hydrogen-bond acceptors (Lipinski definition) is 3. The lowest BCUT2D eigenvalue weighted by molar-refractivity contribution is 0.126. The molecule has 92 valence electrons. The van der Waals surface area contributed by atoms with Crippen LogP contribution in [0.15, 0.2) is 0 Å².